The third kappa shape index (κ3) is 2.97. The minimum Gasteiger partial charge on any atom is -0.296 e. The highest BCUT2D eigenvalue weighted by Crippen LogP contribution is 2.42. The van der Waals surface area contributed by atoms with Gasteiger partial charge in [-0.05, 0) is 36.3 Å². The number of carbonyl (C=O) groups is 1. The average molecular weight is 331 g/mol. The van der Waals surface area contributed by atoms with Crippen LogP contribution in [0.25, 0.3) is 0 Å². The number of carbonyl (C=O) groups excluding carboxylic acids is 1. The van der Waals surface area contributed by atoms with Crippen LogP contribution in [0.2, 0.25) is 5.02 Å². The zero-order valence-electron chi connectivity index (χ0n) is 11.7. The second-order valence-electron chi connectivity index (χ2n) is 5.00. The number of ketones is 1. The summed E-state index contributed by atoms with van der Waals surface area (Å²) in [6.45, 7) is 3.84. The Balaban J connectivity index is 2.31. The molecule has 0 bridgehead atoms. The Morgan fingerprint density at radius 1 is 1.55 bits per heavy atom. The maximum absolute atomic E-state index is 12.9. The highest BCUT2D eigenvalue weighted by Gasteiger charge is 2.46. The topological polar surface area (TPSA) is 34.1 Å². The average Bonchev–Trinajstić information content (AvgIpc) is 2.46. The Morgan fingerprint density at radius 3 is 2.90 bits per heavy atom. The molecule has 110 valence electrons. The summed E-state index contributed by atoms with van der Waals surface area (Å²) in [6, 6.07) is 7.38. The molecule has 1 saturated heterocycles. The molecule has 0 spiro atoms. The van der Waals surface area contributed by atoms with Gasteiger partial charge in [-0.1, -0.05) is 37.6 Å². The first-order valence-corrected chi connectivity index (χ1v) is 9.51. The van der Waals surface area contributed by atoms with Gasteiger partial charge in [0, 0.05) is 27.5 Å². The van der Waals surface area contributed by atoms with Crippen molar-refractivity contribution in [3.63, 3.8) is 0 Å². The summed E-state index contributed by atoms with van der Waals surface area (Å²) in [4.78, 5) is 12.9. The van der Waals surface area contributed by atoms with Gasteiger partial charge >= 0.3 is 0 Å². The third-order valence-electron chi connectivity index (χ3n) is 3.76. The summed E-state index contributed by atoms with van der Waals surface area (Å²) in [5.74, 6) is 1.34. The second-order valence-corrected chi connectivity index (χ2v) is 8.88. The van der Waals surface area contributed by atoms with E-state index in [1.165, 1.54) is 0 Å². The van der Waals surface area contributed by atoms with Crippen LogP contribution in [0.1, 0.15) is 38.2 Å². The standard InChI is InChI=1S/C15H19ClO2S2/c1-3-15(19-8-5-9-20(15)18)14(17)11(2)12-6-4-7-13(16)10-12/h4,6-7,10-11H,3,5,8-9H2,1-2H3/t11-,15-,20-/m1/s1. The molecule has 0 saturated carbocycles. The molecule has 1 aliphatic heterocycles. The molecule has 1 aliphatic rings. The van der Waals surface area contributed by atoms with Crippen LogP contribution < -0.4 is 0 Å². The Bertz CT molecular complexity index is 532. The molecule has 0 amide bonds. The van der Waals surface area contributed by atoms with Crippen molar-refractivity contribution in [1.82, 2.24) is 0 Å². The number of benzene rings is 1. The van der Waals surface area contributed by atoms with Crippen LogP contribution in [0.15, 0.2) is 24.3 Å². The van der Waals surface area contributed by atoms with Crippen LogP contribution >= 0.6 is 23.4 Å². The van der Waals surface area contributed by atoms with Crippen LogP contribution in [0.4, 0.5) is 0 Å². The van der Waals surface area contributed by atoms with Gasteiger partial charge in [-0.15, -0.1) is 11.8 Å². The first kappa shape index (κ1) is 16.1. The van der Waals surface area contributed by atoms with E-state index in [0.717, 1.165) is 17.7 Å². The van der Waals surface area contributed by atoms with Gasteiger partial charge < -0.3 is 0 Å². The number of halogens is 1. The fourth-order valence-corrected chi connectivity index (χ4v) is 6.54. The molecule has 20 heavy (non-hydrogen) atoms. The van der Waals surface area contributed by atoms with E-state index in [1.807, 2.05) is 32.0 Å². The van der Waals surface area contributed by atoms with Gasteiger partial charge in [0.1, 0.15) is 4.08 Å². The molecular weight excluding hydrogens is 312 g/mol. The number of rotatable bonds is 4. The van der Waals surface area contributed by atoms with Crippen molar-refractivity contribution < 1.29 is 9.00 Å². The van der Waals surface area contributed by atoms with Crippen molar-refractivity contribution in [3.8, 4) is 0 Å². The third-order valence-corrected chi connectivity index (χ3v) is 8.24. The van der Waals surface area contributed by atoms with Crippen molar-refractivity contribution in [1.29, 1.82) is 0 Å². The predicted molar refractivity (Wildman–Crippen MR) is 88.0 cm³/mol. The molecule has 0 aromatic heterocycles. The van der Waals surface area contributed by atoms with Crippen molar-refractivity contribution >= 4 is 39.9 Å². The smallest absolute Gasteiger partial charge is 0.168 e. The molecule has 3 atom stereocenters. The number of Topliss-reactive ketones (excluding diaryl/α,β-unsaturated/α-hetero) is 1. The van der Waals surface area contributed by atoms with Crippen LogP contribution in [-0.4, -0.2) is 25.6 Å². The zero-order valence-corrected chi connectivity index (χ0v) is 14.1. The van der Waals surface area contributed by atoms with E-state index < -0.39 is 14.9 Å². The van der Waals surface area contributed by atoms with Crippen LogP contribution in [-0.2, 0) is 15.6 Å². The Hall–Kier alpha value is -0.320. The zero-order chi connectivity index (χ0) is 14.8. The fourth-order valence-electron chi connectivity index (χ4n) is 2.54. The van der Waals surface area contributed by atoms with E-state index in [-0.39, 0.29) is 11.7 Å². The molecule has 0 radical (unpaired) electrons. The van der Waals surface area contributed by atoms with Crippen molar-refractivity contribution in [2.24, 2.45) is 0 Å². The quantitative estimate of drug-likeness (QED) is 0.836. The van der Waals surface area contributed by atoms with Crippen LogP contribution in [0.3, 0.4) is 0 Å². The minimum atomic E-state index is -1.09. The van der Waals surface area contributed by atoms with Gasteiger partial charge in [0.15, 0.2) is 5.78 Å². The minimum absolute atomic E-state index is 0.0744. The predicted octanol–water partition coefficient (Wildman–Crippen LogP) is 4.00. The molecule has 1 aromatic carbocycles. The lowest BCUT2D eigenvalue weighted by Gasteiger charge is -2.35. The van der Waals surface area contributed by atoms with E-state index in [1.54, 1.807) is 17.8 Å². The van der Waals surface area contributed by atoms with E-state index in [4.69, 9.17) is 11.6 Å². The number of hydrogen-bond acceptors (Lipinski definition) is 3. The molecule has 2 rings (SSSR count). The van der Waals surface area contributed by atoms with Gasteiger partial charge in [0.2, 0.25) is 0 Å². The second kappa shape index (κ2) is 6.63. The summed E-state index contributed by atoms with van der Waals surface area (Å²) in [6.07, 6.45) is 1.55. The molecule has 5 heteroatoms. The lowest BCUT2D eigenvalue weighted by molar-refractivity contribution is -0.120. The highest BCUT2D eigenvalue weighted by molar-refractivity contribution is 8.14. The van der Waals surface area contributed by atoms with Gasteiger partial charge in [-0.2, -0.15) is 0 Å². The van der Waals surface area contributed by atoms with E-state index in [0.29, 0.717) is 17.2 Å². The Labute approximate surface area is 132 Å². The molecular formula is C15H19ClO2S2. The van der Waals surface area contributed by atoms with Gasteiger partial charge in [0.25, 0.3) is 0 Å². The highest BCUT2D eigenvalue weighted by atomic mass is 35.5. The van der Waals surface area contributed by atoms with E-state index in [2.05, 4.69) is 0 Å². The van der Waals surface area contributed by atoms with Crippen molar-refractivity contribution in [2.45, 2.75) is 36.7 Å². The molecule has 0 aliphatic carbocycles. The maximum atomic E-state index is 12.9. The Morgan fingerprint density at radius 2 is 2.30 bits per heavy atom. The van der Waals surface area contributed by atoms with Gasteiger partial charge in [-0.25, -0.2) is 0 Å². The summed E-state index contributed by atoms with van der Waals surface area (Å²) < 4.78 is 11.7. The monoisotopic (exact) mass is 330 g/mol. The first-order chi connectivity index (χ1) is 9.51. The van der Waals surface area contributed by atoms with Crippen molar-refractivity contribution in [2.75, 3.05) is 11.5 Å². The molecule has 1 heterocycles. The summed E-state index contributed by atoms with van der Waals surface area (Å²) in [7, 11) is -1.09. The fraction of sp³-hybridized carbons (Fsp3) is 0.533. The number of thioether (sulfide) groups is 1. The maximum Gasteiger partial charge on any atom is 0.168 e. The number of hydrogen-bond donors (Lipinski definition) is 0. The van der Waals surface area contributed by atoms with Crippen molar-refractivity contribution in [3.05, 3.63) is 34.9 Å². The first-order valence-electron chi connectivity index (χ1n) is 6.83. The molecule has 0 unspecified atom stereocenters. The molecule has 2 nitrogen and oxygen atoms in total. The van der Waals surface area contributed by atoms with E-state index in [9.17, 15) is 9.00 Å². The normalized spacial score (nSPS) is 28.1. The summed E-state index contributed by atoms with van der Waals surface area (Å²) in [5, 5.41) is 0.630. The SMILES string of the molecule is CC[C@@]1(C(=O)[C@H](C)c2cccc(Cl)c2)SCCC[S@]1=O. The van der Waals surface area contributed by atoms with Gasteiger partial charge in [0.05, 0.1) is 0 Å². The molecule has 1 fully saturated rings. The molecule has 0 N–H and O–H groups in total. The lowest BCUT2D eigenvalue weighted by atomic mass is 9.93. The van der Waals surface area contributed by atoms with Crippen LogP contribution in [0.5, 0.6) is 0 Å². The van der Waals surface area contributed by atoms with Gasteiger partial charge in [-0.3, -0.25) is 9.00 Å². The molecule has 1 aromatic rings. The Kier molecular flexibility index (Phi) is 5.32. The van der Waals surface area contributed by atoms with Crippen LogP contribution in [0, 0.1) is 0 Å². The lowest BCUT2D eigenvalue weighted by Crippen LogP contribution is -2.45. The van der Waals surface area contributed by atoms with E-state index >= 15 is 0 Å². The summed E-state index contributed by atoms with van der Waals surface area (Å²) in [5.41, 5.74) is 0.901. The largest absolute Gasteiger partial charge is 0.296 e. The summed E-state index contributed by atoms with van der Waals surface area (Å²) >= 11 is 7.57.